The number of nitrogens with one attached hydrogen (secondary N) is 1. The fourth-order valence-corrected chi connectivity index (χ4v) is 6.59. The summed E-state index contributed by atoms with van der Waals surface area (Å²) in [4.78, 5) is 29.8. The third kappa shape index (κ3) is 3.40. The van der Waals surface area contributed by atoms with Crippen molar-refractivity contribution in [3.8, 4) is 5.75 Å². The maximum Gasteiger partial charge on any atom is 0.287 e. The van der Waals surface area contributed by atoms with Gasteiger partial charge in [-0.1, -0.05) is 0 Å². The van der Waals surface area contributed by atoms with Gasteiger partial charge in [-0.2, -0.15) is 0 Å². The number of hydrogen-bond donors (Lipinski definition) is 1. The number of carbonyl (C=O) groups is 1. The molecule has 0 saturated heterocycles. The fraction of sp³-hybridized carbons (Fsp3) is 0.480. The molecule has 7 rings (SSSR count). The summed E-state index contributed by atoms with van der Waals surface area (Å²) >= 11 is 0. The topological polar surface area (TPSA) is 85.8 Å². The van der Waals surface area contributed by atoms with E-state index >= 15 is 0 Å². The second-order valence-electron chi connectivity index (χ2n) is 10.0. The molecule has 0 atom stereocenters. The van der Waals surface area contributed by atoms with Crippen LogP contribution in [0.25, 0.3) is 5.65 Å². The molecule has 0 spiro atoms. The lowest BCUT2D eigenvalue weighted by molar-refractivity contribution is -0.140. The van der Waals surface area contributed by atoms with E-state index in [9.17, 15) is 9.59 Å². The molecule has 0 unspecified atom stereocenters. The van der Waals surface area contributed by atoms with Crippen LogP contribution >= 0.6 is 0 Å². The fourth-order valence-electron chi connectivity index (χ4n) is 6.59. The highest BCUT2D eigenvalue weighted by Crippen LogP contribution is 2.60. The summed E-state index contributed by atoms with van der Waals surface area (Å²) < 4.78 is 12.3. The van der Waals surface area contributed by atoms with Crippen LogP contribution in [0.1, 0.15) is 50.0 Å². The molecule has 1 amide bonds. The first-order valence-corrected chi connectivity index (χ1v) is 11.5. The predicted octanol–water partition coefficient (Wildman–Crippen LogP) is 4.33. The normalized spacial score (nSPS) is 28.2. The van der Waals surface area contributed by atoms with Gasteiger partial charge in [0.2, 0.25) is 5.91 Å². The minimum atomic E-state index is -0.274. The van der Waals surface area contributed by atoms with Gasteiger partial charge in [0.1, 0.15) is 18.1 Å². The molecule has 4 fully saturated rings. The SMILES string of the molecule is Cc1cc2nc(COc3ccc(NC(=O)C45CC6CC(CC(C6)C4)C5)cc3)cc(=O)n2o1. The second kappa shape index (κ2) is 7.22. The molecule has 0 radical (unpaired) electrons. The molecule has 4 aliphatic carbocycles. The zero-order valence-electron chi connectivity index (χ0n) is 18.2. The van der Waals surface area contributed by atoms with Crippen molar-refractivity contribution in [2.75, 3.05) is 5.32 Å². The quantitative estimate of drug-likeness (QED) is 0.647. The number of rotatable bonds is 5. The molecule has 1 aromatic carbocycles. The van der Waals surface area contributed by atoms with E-state index in [1.54, 1.807) is 13.0 Å². The number of hydrogen-bond acceptors (Lipinski definition) is 5. The maximum atomic E-state index is 13.2. The standard InChI is InChI=1S/C25H27N3O4/c1-15-6-22-26-20(10-23(29)28(22)32-15)14-31-21-4-2-19(3-5-21)27-24(30)25-11-16-7-17(12-25)9-18(8-16)13-25/h2-6,10,16-18H,7-9,11-14H2,1H3,(H,27,30). The van der Waals surface area contributed by atoms with Gasteiger partial charge in [-0.3, -0.25) is 9.59 Å². The molecule has 7 nitrogen and oxygen atoms in total. The first-order valence-electron chi connectivity index (χ1n) is 11.5. The summed E-state index contributed by atoms with van der Waals surface area (Å²) in [6.07, 6.45) is 7.14. The predicted molar refractivity (Wildman–Crippen MR) is 118 cm³/mol. The zero-order valence-corrected chi connectivity index (χ0v) is 18.2. The molecule has 1 N–H and O–H groups in total. The highest BCUT2D eigenvalue weighted by Gasteiger charge is 2.54. The largest absolute Gasteiger partial charge is 0.487 e. The Morgan fingerprint density at radius 1 is 1.12 bits per heavy atom. The average molecular weight is 434 g/mol. The van der Waals surface area contributed by atoms with Gasteiger partial charge >= 0.3 is 0 Å². The van der Waals surface area contributed by atoms with E-state index in [2.05, 4.69) is 10.3 Å². The van der Waals surface area contributed by atoms with Gasteiger partial charge in [0.25, 0.3) is 5.56 Å². The third-order valence-corrected chi connectivity index (χ3v) is 7.54. The molecule has 7 heteroatoms. The molecular weight excluding hydrogens is 406 g/mol. The minimum Gasteiger partial charge on any atom is -0.487 e. The van der Waals surface area contributed by atoms with Crippen molar-refractivity contribution in [1.29, 1.82) is 0 Å². The van der Waals surface area contributed by atoms with Crippen LogP contribution in [0.15, 0.2) is 45.7 Å². The molecule has 3 aromatic rings. The Morgan fingerprint density at radius 3 is 2.44 bits per heavy atom. The first kappa shape index (κ1) is 19.6. The number of nitrogens with zero attached hydrogens (tertiary/aromatic N) is 2. The van der Waals surface area contributed by atoms with Crippen LogP contribution in [-0.2, 0) is 11.4 Å². The van der Waals surface area contributed by atoms with Crippen molar-refractivity contribution in [1.82, 2.24) is 9.56 Å². The Labute approximate surface area is 185 Å². The maximum absolute atomic E-state index is 13.2. The van der Waals surface area contributed by atoms with Gasteiger partial charge in [0, 0.05) is 17.8 Å². The van der Waals surface area contributed by atoms with Gasteiger partial charge in [-0.25, -0.2) is 4.98 Å². The summed E-state index contributed by atoms with van der Waals surface area (Å²) in [5, 5.41) is 3.17. The highest BCUT2D eigenvalue weighted by molar-refractivity contribution is 5.95. The Kier molecular flexibility index (Phi) is 4.42. The molecule has 4 saturated carbocycles. The van der Waals surface area contributed by atoms with E-state index in [0.717, 1.165) is 42.7 Å². The van der Waals surface area contributed by atoms with Gasteiger partial charge in [-0.15, -0.1) is 4.57 Å². The second-order valence-corrected chi connectivity index (χ2v) is 10.0. The summed E-state index contributed by atoms with van der Waals surface area (Å²) in [7, 11) is 0. The van der Waals surface area contributed by atoms with Gasteiger partial charge in [-0.05, 0) is 87.5 Å². The summed E-state index contributed by atoms with van der Waals surface area (Å²) in [6.45, 7) is 1.95. The Bertz CT molecular complexity index is 1210. The zero-order chi connectivity index (χ0) is 21.9. The lowest BCUT2D eigenvalue weighted by atomic mass is 9.49. The smallest absolute Gasteiger partial charge is 0.287 e. The number of anilines is 1. The van der Waals surface area contributed by atoms with Crippen LogP contribution < -0.4 is 15.6 Å². The minimum absolute atomic E-state index is 0.159. The van der Waals surface area contributed by atoms with E-state index in [-0.39, 0.29) is 23.5 Å². The van der Waals surface area contributed by atoms with Crippen LogP contribution in [0.4, 0.5) is 5.69 Å². The van der Waals surface area contributed by atoms with Gasteiger partial charge in [0.15, 0.2) is 5.65 Å². The summed E-state index contributed by atoms with van der Waals surface area (Å²) in [6, 6.07) is 10.5. The highest BCUT2D eigenvalue weighted by atomic mass is 16.5. The molecule has 4 aliphatic rings. The lowest BCUT2D eigenvalue weighted by Gasteiger charge is -2.55. The van der Waals surface area contributed by atoms with Crippen molar-refractivity contribution in [3.05, 3.63) is 58.2 Å². The molecule has 0 aliphatic heterocycles. The van der Waals surface area contributed by atoms with Crippen molar-refractivity contribution in [3.63, 3.8) is 0 Å². The van der Waals surface area contributed by atoms with Gasteiger partial charge < -0.3 is 14.6 Å². The van der Waals surface area contributed by atoms with Crippen LogP contribution in [0.3, 0.4) is 0 Å². The monoisotopic (exact) mass is 433 g/mol. The number of ether oxygens (including phenoxy) is 1. The van der Waals surface area contributed by atoms with Gasteiger partial charge in [0.05, 0.1) is 11.1 Å². The van der Waals surface area contributed by atoms with Crippen molar-refractivity contribution >= 4 is 17.2 Å². The van der Waals surface area contributed by atoms with Crippen molar-refractivity contribution in [2.45, 2.75) is 52.1 Å². The van der Waals surface area contributed by atoms with E-state index in [1.165, 1.54) is 29.9 Å². The van der Waals surface area contributed by atoms with E-state index < -0.39 is 0 Å². The van der Waals surface area contributed by atoms with E-state index in [1.807, 2.05) is 24.3 Å². The molecule has 2 heterocycles. The number of aryl methyl sites for hydroxylation is 1. The number of carbonyl (C=O) groups excluding carboxylic acids is 1. The number of amides is 1. The van der Waals surface area contributed by atoms with Crippen LogP contribution in [0.5, 0.6) is 5.75 Å². The Hall–Kier alpha value is -3.09. The summed E-state index contributed by atoms with van der Waals surface area (Å²) in [5.41, 5.74) is 1.37. The number of fused-ring (bicyclic) bond motifs is 1. The Morgan fingerprint density at radius 2 is 1.78 bits per heavy atom. The average Bonchev–Trinajstić information content (AvgIpc) is 3.13. The number of benzene rings is 1. The molecule has 4 bridgehead atoms. The Balaban J connectivity index is 1.11. The summed E-state index contributed by atoms with van der Waals surface area (Å²) in [5.74, 6) is 3.71. The molecule has 166 valence electrons. The lowest BCUT2D eigenvalue weighted by Crippen LogP contribution is -2.51. The molecule has 32 heavy (non-hydrogen) atoms. The number of aromatic nitrogens is 2. The first-order chi connectivity index (χ1) is 15.5. The van der Waals surface area contributed by atoms with E-state index in [4.69, 9.17) is 9.26 Å². The van der Waals surface area contributed by atoms with Crippen LogP contribution in [0, 0.1) is 30.1 Å². The molecular formula is C25H27N3O4. The van der Waals surface area contributed by atoms with Crippen molar-refractivity contribution in [2.24, 2.45) is 23.2 Å². The van der Waals surface area contributed by atoms with Crippen LogP contribution in [0.2, 0.25) is 0 Å². The molecule has 2 aromatic heterocycles. The van der Waals surface area contributed by atoms with Crippen LogP contribution in [-0.4, -0.2) is 15.5 Å². The van der Waals surface area contributed by atoms with E-state index in [0.29, 0.717) is 22.9 Å². The third-order valence-electron chi connectivity index (χ3n) is 7.54. The van der Waals surface area contributed by atoms with Crippen molar-refractivity contribution < 1.29 is 14.1 Å².